The van der Waals surface area contributed by atoms with Crippen LogP contribution in [-0.4, -0.2) is 31.8 Å². The number of hydrogen-bond acceptors (Lipinski definition) is 5. The smallest absolute Gasteiger partial charge is 0.373 e. The van der Waals surface area contributed by atoms with E-state index in [2.05, 4.69) is 38.8 Å². The fourth-order valence-corrected chi connectivity index (χ4v) is 2.76. The Labute approximate surface area is 126 Å². The Morgan fingerprint density at radius 2 is 2.00 bits per heavy atom. The highest BCUT2D eigenvalue weighted by Crippen LogP contribution is 2.36. The molecule has 0 amide bonds. The summed E-state index contributed by atoms with van der Waals surface area (Å²) < 4.78 is 11.1. The van der Waals surface area contributed by atoms with Gasteiger partial charge < -0.3 is 9.16 Å². The van der Waals surface area contributed by atoms with E-state index in [9.17, 15) is 4.79 Å². The molecule has 1 rings (SSSR count). The fourth-order valence-electron chi connectivity index (χ4n) is 1.16. The molecule has 6 heteroatoms. The van der Waals surface area contributed by atoms with E-state index in [1.54, 1.807) is 12.3 Å². The van der Waals surface area contributed by atoms with Crippen LogP contribution >= 0.6 is 11.8 Å². The number of pyridine rings is 1. The van der Waals surface area contributed by atoms with Crippen LogP contribution in [0.2, 0.25) is 18.1 Å². The highest BCUT2D eigenvalue weighted by Gasteiger charge is 2.36. The van der Waals surface area contributed by atoms with Gasteiger partial charge in [0.15, 0.2) is 8.32 Å². The molecule has 0 aliphatic heterocycles. The van der Waals surface area contributed by atoms with Gasteiger partial charge in [0.25, 0.3) is 0 Å². The number of nitrogens with zero attached hydrogens (tertiary/aromatic N) is 1. The molecule has 1 heterocycles. The van der Waals surface area contributed by atoms with E-state index in [1.807, 2.05) is 12.1 Å². The summed E-state index contributed by atoms with van der Waals surface area (Å²) in [6, 6.07) is 5.42. The van der Waals surface area contributed by atoms with Gasteiger partial charge in [0.1, 0.15) is 11.6 Å². The largest absolute Gasteiger partial charge is 0.455 e. The van der Waals surface area contributed by atoms with Gasteiger partial charge in [-0.1, -0.05) is 26.8 Å². The van der Waals surface area contributed by atoms with E-state index in [4.69, 9.17) is 9.16 Å². The molecule has 0 saturated carbocycles. The quantitative estimate of drug-likeness (QED) is 0.350. The van der Waals surface area contributed by atoms with Crippen molar-refractivity contribution >= 4 is 25.4 Å². The van der Waals surface area contributed by atoms with Crippen LogP contribution in [0.4, 0.5) is 4.79 Å². The summed E-state index contributed by atoms with van der Waals surface area (Å²) in [4.78, 5) is 15.6. The number of carbonyl (C=O) groups is 1. The third-order valence-corrected chi connectivity index (χ3v) is 8.67. The average molecular weight is 313 g/mol. The second kappa shape index (κ2) is 7.24. The molecule has 0 bridgehead atoms. The van der Waals surface area contributed by atoms with E-state index in [-0.39, 0.29) is 16.9 Å². The molecule has 0 spiro atoms. The van der Waals surface area contributed by atoms with Gasteiger partial charge in [-0.05, 0) is 30.3 Å². The number of thioether (sulfide) groups is 1. The van der Waals surface area contributed by atoms with Crippen molar-refractivity contribution in [2.75, 3.05) is 13.2 Å². The van der Waals surface area contributed by atoms with Crippen molar-refractivity contribution < 1.29 is 14.0 Å². The van der Waals surface area contributed by atoms with Crippen molar-refractivity contribution in [3.63, 3.8) is 0 Å². The maximum atomic E-state index is 11.6. The Bertz CT molecular complexity index is 432. The van der Waals surface area contributed by atoms with E-state index in [1.165, 1.54) is 0 Å². The summed E-state index contributed by atoms with van der Waals surface area (Å²) in [5.41, 5.74) is 0. The molecular formula is C14H23NO3SSi. The van der Waals surface area contributed by atoms with Crippen molar-refractivity contribution in [3.05, 3.63) is 24.4 Å². The summed E-state index contributed by atoms with van der Waals surface area (Å²) in [6.45, 7) is 11.6. The standard InChI is InChI=1S/C14H23NO3SSi/c1-14(2,3)20(4,5)18-11-10-17-13(16)19-12-8-6-7-9-15-12/h6-9H,10-11H2,1-5H3. The molecule has 0 atom stereocenters. The normalized spacial score (nSPS) is 12.2. The molecular weight excluding hydrogens is 290 g/mol. The molecule has 112 valence electrons. The summed E-state index contributed by atoms with van der Waals surface area (Å²) in [7, 11) is -1.76. The molecule has 1 aromatic rings. The lowest BCUT2D eigenvalue weighted by atomic mass is 10.2. The van der Waals surface area contributed by atoms with Crippen LogP contribution in [0.25, 0.3) is 0 Å². The predicted octanol–water partition coefficient (Wildman–Crippen LogP) is 4.33. The van der Waals surface area contributed by atoms with Crippen LogP contribution in [0.15, 0.2) is 29.4 Å². The minimum atomic E-state index is -1.76. The molecule has 0 unspecified atom stereocenters. The van der Waals surface area contributed by atoms with Gasteiger partial charge in [-0.2, -0.15) is 0 Å². The number of rotatable bonds is 5. The van der Waals surface area contributed by atoms with Crippen LogP contribution in [-0.2, 0) is 9.16 Å². The lowest BCUT2D eigenvalue weighted by Crippen LogP contribution is -2.41. The average Bonchev–Trinajstić information content (AvgIpc) is 2.34. The number of aromatic nitrogens is 1. The monoisotopic (exact) mass is 313 g/mol. The van der Waals surface area contributed by atoms with Crippen LogP contribution in [0.3, 0.4) is 0 Å². The molecule has 4 nitrogen and oxygen atoms in total. The summed E-state index contributed by atoms with van der Waals surface area (Å²) >= 11 is 0.991. The Morgan fingerprint density at radius 1 is 1.30 bits per heavy atom. The van der Waals surface area contributed by atoms with E-state index in [0.29, 0.717) is 11.6 Å². The zero-order chi connectivity index (χ0) is 15.2. The molecule has 0 N–H and O–H groups in total. The second-order valence-electron chi connectivity index (χ2n) is 5.98. The lowest BCUT2D eigenvalue weighted by molar-refractivity contribution is 0.144. The van der Waals surface area contributed by atoms with Gasteiger partial charge >= 0.3 is 5.30 Å². The Hall–Kier alpha value is -0.853. The van der Waals surface area contributed by atoms with Crippen molar-refractivity contribution in [1.82, 2.24) is 4.98 Å². The van der Waals surface area contributed by atoms with Crippen molar-refractivity contribution in [3.8, 4) is 0 Å². The predicted molar refractivity (Wildman–Crippen MR) is 84.6 cm³/mol. The van der Waals surface area contributed by atoms with Crippen molar-refractivity contribution in [2.24, 2.45) is 0 Å². The van der Waals surface area contributed by atoms with Crippen LogP contribution < -0.4 is 0 Å². The first kappa shape index (κ1) is 17.2. The van der Waals surface area contributed by atoms with Crippen molar-refractivity contribution in [2.45, 2.75) is 43.9 Å². The van der Waals surface area contributed by atoms with Crippen LogP contribution in [0.5, 0.6) is 0 Å². The second-order valence-corrected chi connectivity index (χ2v) is 11.7. The summed E-state index contributed by atoms with van der Waals surface area (Å²) in [6.07, 6.45) is 1.65. The van der Waals surface area contributed by atoms with Gasteiger partial charge in [-0.15, -0.1) is 0 Å². The number of ether oxygens (including phenoxy) is 1. The highest BCUT2D eigenvalue weighted by molar-refractivity contribution is 8.13. The minimum absolute atomic E-state index is 0.166. The molecule has 0 aliphatic rings. The molecule has 0 saturated heterocycles. The van der Waals surface area contributed by atoms with Gasteiger partial charge in [0.2, 0.25) is 0 Å². The lowest BCUT2D eigenvalue weighted by Gasteiger charge is -2.36. The van der Waals surface area contributed by atoms with Crippen LogP contribution in [0, 0.1) is 0 Å². The Balaban J connectivity index is 2.26. The Kier molecular flexibility index (Phi) is 6.23. The molecule has 0 aliphatic carbocycles. The summed E-state index contributed by atoms with van der Waals surface area (Å²) in [5.74, 6) is 0. The molecule has 1 aromatic heterocycles. The molecule has 0 radical (unpaired) electrons. The zero-order valence-electron chi connectivity index (χ0n) is 12.8. The van der Waals surface area contributed by atoms with Crippen LogP contribution in [0.1, 0.15) is 20.8 Å². The van der Waals surface area contributed by atoms with Gasteiger partial charge in [-0.25, -0.2) is 9.78 Å². The maximum Gasteiger partial charge on any atom is 0.373 e. The number of carbonyl (C=O) groups excluding carboxylic acids is 1. The van der Waals surface area contributed by atoms with E-state index in [0.717, 1.165) is 11.8 Å². The van der Waals surface area contributed by atoms with Gasteiger partial charge in [0, 0.05) is 18.0 Å². The SMILES string of the molecule is CC(C)(C)[Si](C)(C)OCCOC(=O)Sc1ccccn1. The third kappa shape index (κ3) is 5.64. The third-order valence-electron chi connectivity index (χ3n) is 3.40. The topological polar surface area (TPSA) is 48.4 Å². The molecule has 0 fully saturated rings. The molecule has 0 aromatic carbocycles. The van der Waals surface area contributed by atoms with Gasteiger partial charge in [-0.3, -0.25) is 0 Å². The highest BCUT2D eigenvalue weighted by atomic mass is 32.2. The zero-order valence-corrected chi connectivity index (χ0v) is 14.6. The summed E-state index contributed by atoms with van der Waals surface area (Å²) in [5, 5.41) is 0.463. The first-order valence-corrected chi connectivity index (χ1v) is 10.3. The first-order chi connectivity index (χ1) is 9.22. The van der Waals surface area contributed by atoms with Crippen molar-refractivity contribution in [1.29, 1.82) is 0 Å². The minimum Gasteiger partial charge on any atom is -0.455 e. The fraction of sp³-hybridized carbons (Fsp3) is 0.571. The molecule has 20 heavy (non-hydrogen) atoms. The maximum absolute atomic E-state index is 11.6. The Morgan fingerprint density at radius 3 is 2.55 bits per heavy atom. The van der Waals surface area contributed by atoms with E-state index < -0.39 is 8.32 Å². The number of hydrogen-bond donors (Lipinski definition) is 0. The van der Waals surface area contributed by atoms with Gasteiger partial charge in [0.05, 0.1) is 6.61 Å². The first-order valence-electron chi connectivity index (χ1n) is 6.62. The van der Waals surface area contributed by atoms with E-state index >= 15 is 0 Å².